The molecule has 1 rings (SSSR count). The number of carbonyl (C=O) groups is 1. The Balaban J connectivity index is 2.96. The van der Waals surface area contributed by atoms with Crippen LogP contribution in [-0.4, -0.2) is 39.1 Å². The number of thioether (sulfide) groups is 1. The second-order valence-corrected chi connectivity index (χ2v) is 6.81. The van der Waals surface area contributed by atoms with Crippen molar-refractivity contribution in [1.82, 2.24) is 5.32 Å². The number of amides is 1. The van der Waals surface area contributed by atoms with Gasteiger partial charge in [-0.05, 0) is 24.5 Å². The minimum absolute atomic E-state index is 0.0533. The summed E-state index contributed by atoms with van der Waals surface area (Å²) < 4.78 is 22.9. The zero-order chi connectivity index (χ0) is 13.8. The molecule has 18 heavy (non-hydrogen) atoms. The first-order valence-corrected chi connectivity index (χ1v) is 8.51. The van der Waals surface area contributed by atoms with Gasteiger partial charge < -0.3 is 11.1 Å². The average Bonchev–Trinajstić information content (AvgIpc) is 2.27. The highest BCUT2D eigenvalue weighted by Crippen LogP contribution is 2.16. The Morgan fingerprint density at radius 3 is 2.61 bits per heavy atom. The van der Waals surface area contributed by atoms with Gasteiger partial charge in [-0.25, -0.2) is 8.42 Å². The van der Waals surface area contributed by atoms with Crippen LogP contribution >= 0.6 is 11.8 Å². The number of anilines is 1. The molecule has 1 amide bonds. The third-order valence-corrected chi connectivity index (χ3v) is 3.92. The zero-order valence-corrected chi connectivity index (χ0v) is 11.9. The highest BCUT2D eigenvalue weighted by atomic mass is 32.2. The molecule has 0 aliphatic carbocycles. The van der Waals surface area contributed by atoms with E-state index in [1.54, 1.807) is 11.8 Å². The van der Waals surface area contributed by atoms with E-state index >= 15 is 0 Å². The molecule has 0 unspecified atom stereocenters. The Morgan fingerprint density at radius 2 is 2.06 bits per heavy atom. The van der Waals surface area contributed by atoms with Crippen molar-refractivity contribution in [3.8, 4) is 0 Å². The van der Waals surface area contributed by atoms with Gasteiger partial charge in [0.1, 0.15) is 0 Å². The van der Waals surface area contributed by atoms with E-state index < -0.39 is 9.84 Å². The second kappa shape index (κ2) is 6.10. The monoisotopic (exact) mass is 288 g/mol. The van der Waals surface area contributed by atoms with E-state index in [4.69, 9.17) is 5.73 Å². The molecular weight excluding hydrogens is 272 g/mol. The van der Waals surface area contributed by atoms with Gasteiger partial charge in [0, 0.05) is 29.8 Å². The maximum absolute atomic E-state index is 11.8. The predicted octanol–water partition coefficient (Wildman–Crippen LogP) is 0.765. The van der Waals surface area contributed by atoms with Gasteiger partial charge in [-0.3, -0.25) is 4.79 Å². The number of hydrogen-bond acceptors (Lipinski definition) is 5. The molecule has 3 N–H and O–H groups in total. The van der Waals surface area contributed by atoms with E-state index in [0.29, 0.717) is 6.54 Å². The van der Waals surface area contributed by atoms with Crippen molar-refractivity contribution < 1.29 is 13.2 Å². The summed E-state index contributed by atoms with van der Waals surface area (Å²) in [5.74, 6) is 0.480. The first-order chi connectivity index (χ1) is 8.34. The van der Waals surface area contributed by atoms with Gasteiger partial charge in [-0.2, -0.15) is 11.8 Å². The number of hydrogen-bond donors (Lipinski definition) is 2. The first kappa shape index (κ1) is 14.8. The summed E-state index contributed by atoms with van der Waals surface area (Å²) in [6.45, 7) is 0.531. The summed E-state index contributed by atoms with van der Waals surface area (Å²) >= 11 is 1.61. The Kier molecular flexibility index (Phi) is 5.03. The highest BCUT2D eigenvalue weighted by molar-refractivity contribution is 7.98. The molecule has 0 radical (unpaired) electrons. The molecule has 7 heteroatoms. The van der Waals surface area contributed by atoms with Crippen molar-refractivity contribution in [1.29, 1.82) is 0 Å². The third kappa shape index (κ3) is 4.23. The third-order valence-electron chi connectivity index (χ3n) is 2.21. The van der Waals surface area contributed by atoms with Crippen molar-refractivity contribution >= 4 is 33.2 Å². The number of sulfone groups is 1. The largest absolute Gasteiger partial charge is 0.399 e. The normalized spacial score (nSPS) is 11.2. The molecule has 0 saturated heterocycles. The number of nitrogen functional groups attached to an aromatic ring is 1. The average molecular weight is 288 g/mol. The minimum atomic E-state index is -3.37. The summed E-state index contributed by atoms with van der Waals surface area (Å²) in [5.41, 5.74) is 6.12. The van der Waals surface area contributed by atoms with Crippen LogP contribution in [0, 0.1) is 0 Å². The Hall–Kier alpha value is -1.21. The molecule has 1 aromatic rings. The van der Waals surface area contributed by atoms with Crippen LogP contribution < -0.4 is 11.1 Å². The van der Waals surface area contributed by atoms with Gasteiger partial charge in [0.2, 0.25) is 0 Å². The quantitative estimate of drug-likeness (QED) is 0.617. The lowest BCUT2D eigenvalue weighted by Crippen LogP contribution is -2.26. The predicted molar refractivity (Wildman–Crippen MR) is 74.7 cm³/mol. The van der Waals surface area contributed by atoms with Gasteiger partial charge in [-0.15, -0.1) is 0 Å². The van der Waals surface area contributed by atoms with Crippen molar-refractivity contribution in [2.45, 2.75) is 4.90 Å². The molecule has 0 spiro atoms. The fraction of sp³-hybridized carbons (Fsp3) is 0.364. The van der Waals surface area contributed by atoms with Gasteiger partial charge >= 0.3 is 0 Å². The lowest BCUT2D eigenvalue weighted by molar-refractivity contribution is 0.0956. The molecule has 0 bridgehead atoms. The number of carbonyl (C=O) groups excluding carboxylic acids is 1. The van der Waals surface area contributed by atoms with Crippen LogP contribution in [0.15, 0.2) is 23.1 Å². The topological polar surface area (TPSA) is 89.3 Å². The zero-order valence-electron chi connectivity index (χ0n) is 10.3. The number of rotatable bonds is 5. The van der Waals surface area contributed by atoms with E-state index in [2.05, 4.69) is 5.32 Å². The molecule has 5 nitrogen and oxygen atoms in total. The van der Waals surface area contributed by atoms with E-state index in [-0.39, 0.29) is 22.1 Å². The molecule has 0 fully saturated rings. The lowest BCUT2D eigenvalue weighted by atomic mass is 10.2. The molecular formula is C11H16N2O3S2. The Labute approximate surface area is 111 Å². The van der Waals surface area contributed by atoms with Crippen LogP contribution in [0.4, 0.5) is 5.69 Å². The molecule has 0 heterocycles. The Bertz CT molecular complexity index is 541. The van der Waals surface area contributed by atoms with Gasteiger partial charge in [-0.1, -0.05) is 0 Å². The van der Waals surface area contributed by atoms with Crippen molar-refractivity contribution in [3.05, 3.63) is 23.8 Å². The summed E-state index contributed by atoms with van der Waals surface area (Å²) in [5, 5.41) is 2.70. The van der Waals surface area contributed by atoms with Crippen LogP contribution in [0.25, 0.3) is 0 Å². The van der Waals surface area contributed by atoms with E-state index in [9.17, 15) is 13.2 Å². The summed E-state index contributed by atoms with van der Waals surface area (Å²) in [6, 6.07) is 4.14. The molecule has 0 saturated carbocycles. The summed E-state index contributed by atoms with van der Waals surface area (Å²) in [6.07, 6.45) is 3.02. The van der Waals surface area contributed by atoms with E-state index in [1.807, 2.05) is 6.26 Å². The second-order valence-electron chi connectivity index (χ2n) is 3.81. The molecule has 100 valence electrons. The van der Waals surface area contributed by atoms with Gasteiger partial charge in [0.05, 0.1) is 4.90 Å². The van der Waals surface area contributed by atoms with Crippen LogP contribution in [0.2, 0.25) is 0 Å². The standard InChI is InChI=1S/C11H16N2O3S2/c1-17-4-3-13-11(14)8-5-9(12)7-10(6-8)18(2,15)16/h5-7H,3-4,12H2,1-2H3,(H,13,14). The first-order valence-electron chi connectivity index (χ1n) is 5.22. The highest BCUT2D eigenvalue weighted by Gasteiger charge is 2.13. The lowest BCUT2D eigenvalue weighted by Gasteiger charge is -2.07. The van der Waals surface area contributed by atoms with Gasteiger partial charge in [0.15, 0.2) is 9.84 Å². The van der Waals surface area contributed by atoms with E-state index in [1.165, 1.54) is 18.2 Å². The summed E-state index contributed by atoms with van der Waals surface area (Å²) in [4.78, 5) is 11.8. The molecule has 0 aromatic heterocycles. The maximum atomic E-state index is 11.8. The number of nitrogens with one attached hydrogen (secondary N) is 1. The maximum Gasteiger partial charge on any atom is 0.251 e. The minimum Gasteiger partial charge on any atom is -0.399 e. The molecule has 1 aromatic carbocycles. The number of nitrogens with two attached hydrogens (primary N) is 1. The van der Waals surface area contributed by atoms with Crippen molar-refractivity contribution in [3.63, 3.8) is 0 Å². The van der Waals surface area contributed by atoms with Crippen LogP contribution in [0.3, 0.4) is 0 Å². The molecule has 0 aliphatic heterocycles. The fourth-order valence-corrected chi connectivity index (χ4v) is 2.33. The van der Waals surface area contributed by atoms with Crippen LogP contribution in [0.5, 0.6) is 0 Å². The summed E-state index contributed by atoms with van der Waals surface area (Å²) in [7, 11) is -3.37. The molecule has 0 atom stereocenters. The van der Waals surface area contributed by atoms with Gasteiger partial charge in [0.25, 0.3) is 5.91 Å². The van der Waals surface area contributed by atoms with Crippen molar-refractivity contribution in [2.75, 3.05) is 30.5 Å². The smallest absolute Gasteiger partial charge is 0.251 e. The number of benzene rings is 1. The SMILES string of the molecule is CSCCNC(=O)c1cc(N)cc(S(C)(=O)=O)c1. The molecule has 0 aliphatic rings. The van der Waals surface area contributed by atoms with Crippen LogP contribution in [0.1, 0.15) is 10.4 Å². The van der Waals surface area contributed by atoms with Crippen LogP contribution in [-0.2, 0) is 9.84 Å². The fourth-order valence-electron chi connectivity index (χ4n) is 1.34. The Morgan fingerprint density at radius 1 is 1.39 bits per heavy atom. The van der Waals surface area contributed by atoms with Crippen molar-refractivity contribution in [2.24, 2.45) is 0 Å². The van der Waals surface area contributed by atoms with E-state index in [0.717, 1.165) is 12.0 Å².